The zero-order valence-corrected chi connectivity index (χ0v) is 30.3. The number of hydrogen-bond acceptors (Lipinski definition) is 6. The molecule has 9 nitrogen and oxygen atoms in total. The predicted molar refractivity (Wildman–Crippen MR) is 201 cm³/mol. The van der Waals surface area contributed by atoms with Crippen LogP contribution in [0.15, 0.2) is 77.9 Å². The number of alkyl halides is 2. The molecular weight excluding hydrogens is 676 g/mol. The number of benzene rings is 3. The summed E-state index contributed by atoms with van der Waals surface area (Å²) in [6.07, 6.45) is 5.33. The minimum absolute atomic E-state index is 0.0281. The van der Waals surface area contributed by atoms with E-state index in [4.69, 9.17) is 9.47 Å². The van der Waals surface area contributed by atoms with Gasteiger partial charge >= 0.3 is 6.09 Å². The summed E-state index contributed by atoms with van der Waals surface area (Å²) < 4.78 is 44.8. The highest BCUT2D eigenvalue weighted by atomic mass is 19.3. The number of amides is 1. The number of halogens is 2. The molecule has 1 amide bonds. The van der Waals surface area contributed by atoms with Crippen molar-refractivity contribution in [3.63, 3.8) is 0 Å². The lowest BCUT2D eigenvalue weighted by Gasteiger charge is -2.34. The third-order valence-corrected chi connectivity index (χ3v) is 11.3. The second-order valence-electron chi connectivity index (χ2n) is 14.6. The molecule has 2 fully saturated rings. The van der Waals surface area contributed by atoms with E-state index in [0.717, 1.165) is 64.7 Å². The maximum Gasteiger partial charge on any atom is 0.410 e. The first-order valence-corrected chi connectivity index (χ1v) is 18.7. The van der Waals surface area contributed by atoms with Crippen molar-refractivity contribution < 1.29 is 23.0 Å². The molecule has 3 aromatic carbocycles. The van der Waals surface area contributed by atoms with E-state index >= 15 is 8.78 Å². The zero-order chi connectivity index (χ0) is 36.6. The summed E-state index contributed by atoms with van der Waals surface area (Å²) in [6.45, 7) is 5.18. The standard InChI is InChI=1S/C42H45F2N5O4/c1-27-19-36-38(46(2)41(27)50)21-31(29-12-17-52-18-13-29)22-39(36)48-14-6-9-30-20-34(35(40(43)44)23-37(30)48)32-24-45-49(25-32)33-10-15-47(16-11-33)42(51)53-26-28-7-4-3-5-8-28/h3-5,7-8,19-25,29,33,40H,6,9-18,26H2,1-2H3. The number of hydrogen-bond donors (Lipinski definition) is 0. The Morgan fingerprint density at radius 2 is 1.75 bits per heavy atom. The third kappa shape index (κ3) is 6.94. The predicted octanol–water partition coefficient (Wildman–Crippen LogP) is 8.60. The van der Waals surface area contributed by atoms with Crippen LogP contribution in [0.4, 0.5) is 25.0 Å². The maximum absolute atomic E-state index is 15.0. The minimum Gasteiger partial charge on any atom is -0.445 e. The Morgan fingerprint density at radius 1 is 0.981 bits per heavy atom. The van der Waals surface area contributed by atoms with Crippen molar-refractivity contribution in [3.8, 4) is 11.1 Å². The van der Waals surface area contributed by atoms with Crippen molar-refractivity contribution in [1.29, 1.82) is 0 Å². The van der Waals surface area contributed by atoms with Crippen molar-refractivity contribution in [1.82, 2.24) is 19.2 Å². The summed E-state index contributed by atoms with van der Waals surface area (Å²) in [5.41, 5.74) is 7.40. The summed E-state index contributed by atoms with van der Waals surface area (Å²) >= 11 is 0. The number of anilines is 2. The number of aryl methyl sites for hydroxylation is 3. The molecule has 11 heteroatoms. The Labute approximate surface area is 307 Å². The van der Waals surface area contributed by atoms with Crippen LogP contribution in [0.2, 0.25) is 0 Å². The molecule has 2 aromatic heterocycles. The van der Waals surface area contributed by atoms with Gasteiger partial charge in [0, 0.05) is 73.9 Å². The molecule has 0 bridgehead atoms. The fourth-order valence-electron chi connectivity index (χ4n) is 8.34. The number of carbonyl (C=O) groups is 1. The van der Waals surface area contributed by atoms with E-state index in [2.05, 4.69) is 22.1 Å². The first-order chi connectivity index (χ1) is 25.7. The minimum atomic E-state index is -2.69. The van der Waals surface area contributed by atoms with Crippen molar-refractivity contribution in [3.05, 3.63) is 111 Å². The highest BCUT2D eigenvalue weighted by Gasteiger charge is 2.29. The summed E-state index contributed by atoms with van der Waals surface area (Å²) in [7, 11) is 1.81. The number of carbonyl (C=O) groups excluding carboxylic acids is 1. The van der Waals surface area contributed by atoms with Gasteiger partial charge in [0.15, 0.2) is 0 Å². The largest absolute Gasteiger partial charge is 0.445 e. The van der Waals surface area contributed by atoms with Gasteiger partial charge in [-0.2, -0.15) is 5.10 Å². The third-order valence-electron chi connectivity index (χ3n) is 11.3. The lowest BCUT2D eigenvalue weighted by Crippen LogP contribution is -2.39. The average molecular weight is 722 g/mol. The van der Waals surface area contributed by atoms with Gasteiger partial charge in [-0.15, -0.1) is 0 Å². The molecule has 0 spiro atoms. The van der Waals surface area contributed by atoms with Crippen LogP contribution in [-0.2, 0) is 29.5 Å². The highest BCUT2D eigenvalue weighted by molar-refractivity contribution is 5.96. The Hall–Kier alpha value is -5.03. The fourth-order valence-corrected chi connectivity index (χ4v) is 8.34. The van der Waals surface area contributed by atoms with Gasteiger partial charge in [-0.05, 0) is 104 Å². The molecule has 3 aliphatic heterocycles. The molecule has 3 aliphatic rings. The molecular formula is C42H45F2N5O4. The van der Waals surface area contributed by atoms with E-state index < -0.39 is 6.43 Å². The Balaban J connectivity index is 1.07. The smallest absolute Gasteiger partial charge is 0.410 e. The molecule has 0 N–H and O–H groups in total. The van der Waals surface area contributed by atoms with Crippen molar-refractivity contribution in [2.75, 3.05) is 37.7 Å². The van der Waals surface area contributed by atoms with Crippen LogP contribution in [0.5, 0.6) is 0 Å². The van der Waals surface area contributed by atoms with Crippen molar-refractivity contribution in [2.45, 2.75) is 70.4 Å². The average Bonchev–Trinajstić information content (AvgIpc) is 3.69. The number of fused-ring (bicyclic) bond motifs is 2. The van der Waals surface area contributed by atoms with Gasteiger partial charge in [-0.3, -0.25) is 9.48 Å². The van der Waals surface area contributed by atoms with Crippen LogP contribution >= 0.6 is 0 Å². The van der Waals surface area contributed by atoms with Crippen LogP contribution in [-0.4, -0.2) is 58.2 Å². The van der Waals surface area contributed by atoms with Crippen LogP contribution in [0.25, 0.3) is 22.0 Å². The van der Waals surface area contributed by atoms with E-state index in [-0.39, 0.29) is 29.9 Å². The first-order valence-electron chi connectivity index (χ1n) is 18.7. The summed E-state index contributed by atoms with van der Waals surface area (Å²) in [6, 6.07) is 19.5. The monoisotopic (exact) mass is 721 g/mol. The van der Waals surface area contributed by atoms with Gasteiger partial charge in [0.2, 0.25) is 0 Å². The molecule has 0 saturated carbocycles. The number of pyridine rings is 1. The molecule has 0 aliphatic carbocycles. The Morgan fingerprint density at radius 3 is 2.51 bits per heavy atom. The molecule has 8 rings (SSSR count). The Bertz CT molecular complexity index is 2190. The van der Waals surface area contributed by atoms with E-state index in [9.17, 15) is 9.59 Å². The van der Waals surface area contributed by atoms with Crippen LogP contribution in [0.1, 0.15) is 78.3 Å². The van der Waals surface area contributed by atoms with Gasteiger partial charge in [-0.25, -0.2) is 13.6 Å². The molecule has 5 heterocycles. The van der Waals surface area contributed by atoms with Crippen molar-refractivity contribution in [2.24, 2.45) is 7.05 Å². The molecule has 5 aromatic rings. The highest BCUT2D eigenvalue weighted by Crippen LogP contribution is 2.44. The summed E-state index contributed by atoms with van der Waals surface area (Å²) in [5.74, 6) is 0.295. The second kappa shape index (κ2) is 14.8. The van der Waals surface area contributed by atoms with Crippen molar-refractivity contribution >= 4 is 28.4 Å². The molecule has 53 heavy (non-hydrogen) atoms. The SMILES string of the molecule is Cc1cc2c(N3CCCc4cc(-c5cnn(C6CCN(C(=O)OCc7ccccc7)CC6)c5)c(C(F)F)cc43)cc(C3CCOCC3)cc2n(C)c1=O. The van der Waals surface area contributed by atoms with Gasteiger partial charge in [0.1, 0.15) is 6.61 Å². The number of piperidine rings is 1. The number of likely N-dealkylation sites (tertiary alicyclic amines) is 1. The Kier molecular flexibility index (Phi) is 9.76. The summed E-state index contributed by atoms with van der Waals surface area (Å²) in [5, 5.41) is 5.58. The van der Waals surface area contributed by atoms with E-state index in [1.807, 2.05) is 67.3 Å². The number of nitrogens with zero attached hydrogens (tertiary/aromatic N) is 5. The van der Waals surface area contributed by atoms with Gasteiger partial charge in [0.25, 0.3) is 12.0 Å². The van der Waals surface area contributed by atoms with Gasteiger partial charge in [-0.1, -0.05) is 30.3 Å². The first kappa shape index (κ1) is 35.0. The van der Waals surface area contributed by atoms with Gasteiger partial charge in [0.05, 0.1) is 23.4 Å². The number of ether oxygens (including phenoxy) is 2. The van der Waals surface area contributed by atoms with E-state index in [1.165, 1.54) is 0 Å². The number of aromatic nitrogens is 3. The maximum atomic E-state index is 15.0. The van der Waals surface area contributed by atoms with Crippen LogP contribution in [0, 0.1) is 6.92 Å². The van der Waals surface area contributed by atoms with Crippen LogP contribution in [0.3, 0.4) is 0 Å². The molecule has 0 unspecified atom stereocenters. The molecule has 0 radical (unpaired) electrons. The van der Waals surface area contributed by atoms with E-state index in [0.29, 0.717) is 68.3 Å². The topological polar surface area (TPSA) is 81.8 Å². The molecule has 276 valence electrons. The number of rotatable bonds is 7. The molecule has 0 atom stereocenters. The van der Waals surface area contributed by atoms with Crippen LogP contribution < -0.4 is 10.5 Å². The summed E-state index contributed by atoms with van der Waals surface area (Å²) in [4.78, 5) is 29.7. The van der Waals surface area contributed by atoms with Gasteiger partial charge < -0.3 is 23.8 Å². The lowest BCUT2D eigenvalue weighted by atomic mass is 9.89. The normalized spacial score (nSPS) is 17.1. The quantitative estimate of drug-likeness (QED) is 0.168. The zero-order valence-electron chi connectivity index (χ0n) is 30.3. The fraction of sp³-hybridized carbons (Fsp3) is 0.405. The van der Waals surface area contributed by atoms with E-state index in [1.54, 1.807) is 21.7 Å². The lowest BCUT2D eigenvalue weighted by molar-refractivity contribution is 0.0821. The second-order valence-corrected chi connectivity index (χ2v) is 14.6. The molecule has 2 saturated heterocycles.